The van der Waals surface area contributed by atoms with E-state index in [1.54, 1.807) is 0 Å². The minimum absolute atomic E-state index is 0.00918. The van der Waals surface area contributed by atoms with E-state index in [4.69, 9.17) is 16.0 Å². The van der Waals surface area contributed by atoms with Crippen LogP contribution < -0.4 is 0 Å². The molecule has 0 saturated heterocycles. The maximum absolute atomic E-state index is 12.0. The Bertz CT molecular complexity index is 479. The van der Waals surface area contributed by atoms with Gasteiger partial charge in [0.2, 0.25) is 10.0 Å². The molecule has 0 aromatic carbocycles. The number of rotatable bonds is 6. The summed E-state index contributed by atoms with van der Waals surface area (Å²) in [5, 5.41) is 0. The Hall–Kier alpha value is -0.520. The lowest BCUT2D eigenvalue weighted by Crippen LogP contribution is -2.34. The first-order valence-corrected chi connectivity index (χ1v) is 7.78. The average Bonchev–Trinajstić information content (AvgIpc) is 2.99. The van der Waals surface area contributed by atoms with Crippen LogP contribution in [0.25, 0.3) is 0 Å². The van der Waals surface area contributed by atoms with Crippen molar-refractivity contribution in [1.29, 1.82) is 0 Å². The molecule has 0 bridgehead atoms. The quantitative estimate of drug-likeness (QED) is 0.749. The molecule has 2 rings (SSSR count). The molecule has 96 valence electrons. The normalized spacial score (nSPS) is 16.6. The lowest BCUT2D eigenvalue weighted by molar-refractivity contribution is 0.352. The van der Waals surface area contributed by atoms with Crippen molar-refractivity contribution in [2.24, 2.45) is 0 Å². The summed E-state index contributed by atoms with van der Waals surface area (Å²) in [6.45, 7) is 2.16. The first-order chi connectivity index (χ1) is 8.03. The number of aryl methyl sites for hydroxylation is 1. The molecule has 6 heteroatoms. The summed E-state index contributed by atoms with van der Waals surface area (Å²) >= 11 is 5.53. The van der Waals surface area contributed by atoms with Gasteiger partial charge in [-0.15, -0.1) is 11.6 Å². The minimum atomic E-state index is -3.26. The van der Waals surface area contributed by atoms with Gasteiger partial charge in [-0.2, -0.15) is 4.31 Å². The smallest absolute Gasteiger partial charge is 0.215 e. The SMILES string of the molecule is Cc1ccc(CN(C2CC2)S(=O)(=O)CCCl)o1. The van der Waals surface area contributed by atoms with Gasteiger partial charge in [0.15, 0.2) is 0 Å². The Morgan fingerprint density at radius 3 is 2.65 bits per heavy atom. The lowest BCUT2D eigenvalue weighted by atomic mass is 10.4. The molecule has 0 amide bonds. The second-order valence-electron chi connectivity index (χ2n) is 4.29. The number of furan rings is 1. The highest BCUT2D eigenvalue weighted by atomic mass is 35.5. The van der Waals surface area contributed by atoms with E-state index in [-0.39, 0.29) is 17.7 Å². The topological polar surface area (TPSA) is 50.5 Å². The van der Waals surface area contributed by atoms with Crippen molar-refractivity contribution in [3.63, 3.8) is 0 Å². The molecule has 0 atom stereocenters. The first kappa shape index (κ1) is 12.9. The third-order valence-corrected chi connectivity index (χ3v) is 5.03. The van der Waals surface area contributed by atoms with Crippen LogP contribution >= 0.6 is 11.6 Å². The summed E-state index contributed by atoms with van der Waals surface area (Å²) in [4.78, 5) is 0. The molecule has 1 heterocycles. The Labute approximate surface area is 107 Å². The zero-order valence-electron chi connectivity index (χ0n) is 9.73. The van der Waals surface area contributed by atoms with Gasteiger partial charge < -0.3 is 4.42 Å². The van der Waals surface area contributed by atoms with Crippen molar-refractivity contribution < 1.29 is 12.8 Å². The predicted octanol–water partition coefficient (Wildman–Crippen LogP) is 2.12. The van der Waals surface area contributed by atoms with E-state index in [0.29, 0.717) is 12.3 Å². The monoisotopic (exact) mass is 277 g/mol. The molecule has 0 spiro atoms. The molecule has 4 nitrogen and oxygen atoms in total. The molecule has 0 N–H and O–H groups in total. The molecule has 1 aliphatic rings. The Morgan fingerprint density at radius 1 is 1.47 bits per heavy atom. The summed E-state index contributed by atoms with van der Waals surface area (Å²) in [5.74, 6) is 1.60. The maximum atomic E-state index is 12.0. The van der Waals surface area contributed by atoms with E-state index in [1.165, 1.54) is 4.31 Å². The van der Waals surface area contributed by atoms with E-state index >= 15 is 0 Å². The van der Waals surface area contributed by atoms with Crippen LogP contribution in [0.2, 0.25) is 0 Å². The van der Waals surface area contributed by atoms with Crippen molar-refractivity contribution >= 4 is 21.6 Å². The average molecular weight is 278 g/mol. The molecular formula is C11H16ClNO3S. The van der Waals surface area contributed by atoms with Crippen LogP contribution in [0, 0.1) is 6.92 Å². The van der Waals surface area contributed by atoms with Gasteiger partial charge >= 0.3 is 0 Å². The summed E-state index contributed by atoms with van der Waals surface area (Å²) < 4.78 is 31.0. The van der Waals surface area contributed by atoms with E-state index < -0.39 is 10.0 Å². The molecule has 1 aromatic rings. The van der Waals surface area contributed by atoms with Crippen LogP contribution in [0.15, 0.2) is 16.5 Å². The number of hydrogen-bond donors (Lipinski definition) is 0. The molecule has 1 saturated carbocycles. The summed E-state index contributed by atoms with van der Waals surface area (Å²) in [7, 11) is -3.26. The molecule has 1 fully saturated rings. The fourth-order valence-electron chi connectivity index (χ4n) is 1.76. The summed E-state index contributed by atoms with van der Waals surface area (Å²) in [6.07, 6.45) is 1.86. The van der Waals surface area contributed by atoms with E-state index in [1.807, 2.05) is 19.1 Å². The highest BCUT2D eigenvalue weighted by Gasteiger charge is 2.37. The molecule has 0 radical (unpaired) electrons. The number of alkyl halides is 1. The Balaban J connectivity index is 2.13. The Morgan fingerprint density at radius 2 is 2.18 bits per heavy atom. The third-order valence-electron chi connectivity index (χ3n) is 2.75. The van der Waals surface area contributed by atoms with Crippen molar-refractivity contribution in [2.75, 3.05) is 11.6 Å². The number of halogens is 1. The largest absolute Gasteiger partial charge is 0.465 e. The van der Waals surface area contributed by atoms with Gasteiger partial charge in [-0.1, -0.05) is 0 Å². The fourth-order valence-corrected chi connectivity index (χ4v) is 3.76. The van der Waals surface area contributed by atoms with Crippen LogP contribution in [0.5, 0.6) is 0 Å². The molecular weight excluding hydrogens is 262 g/mol. The van der Waals surface area contributed by atoms with Gasteiger partial charge in [0.05, 0.1) is 12.3 Å². The van der Waals surface area contributed by atoms with Crippen LogP contribution in [-0.2, 0) is 16.6 Å². The third kappa shape index (κ3) is 3.24. The van der Waals surface area contributed by atoms with Gasteiger partial charge in [-0.25, -0.2) is 8.42 Å². The lowest BCUT2D eigenvalue weighted by Gasteiger charge is -2.20. The van der Waals surface area contributed by atoms with Gasteiger partial charge in [-0.05, 0) is 31.9 Å². The van der Waals surface area contributed by atoms with E-state index in [0.717, 1.165) is 18.6 Å². The molecule has 17 heavy (non-hydrogen) atoms. The first-order valence-electron chi connectivity index (χ1n) is 5.64. The second kappa shape index (κ2) is 5.00. The zero-order chi connectivity index (χ0) is 12.5. The zero-order valence-corrected chi connectivity index (χ0v) is 11.3. The van der Waals surface area contributed by atoms with Crippen LogP contribution in [0.3, 0.4) is 0 Å². The second-order valence-corrected chi connectivity index (χ2v) is 6.71. The van der Waals surface area contributed by atoms with Crippen molar-refractivity contribution in [2.45, 2.75) is 32.4 Å². The van der Waals surface area contributed by atoms with Gasteiger partial charge in [0.25, 0.3) is 0 Å². The van der Waals surface area contributed by atoms with Gasteiger partial charge in [-0.3, -0.25) is 0 Å². The van der Waals surface area contributed by atoms with Crippen molar-refractivity contribution in [1.82, 2.24) is 4.31 Å². The number of nitrogens with zero attached hydrogens (tertiary/aromatic N) is 1. The maximum Gasteiger partial charge on any atom is 0.215 e. The molecule has 1 aliphatic carbocycles. The van der Waals surface area contributed by atoms with Gasteiger partial charge in [0.1, 0.15) is 11.5 Å². The van der Waals surface area contributed by atoms with Crippen LogP contribution in [0.4, 0.5) is 0 Å². The van der Waals surface area contributed by atoms with E-state index in [9.17, 15) is 8.42 Å². The summed E-state index contributed by atoms with van der Waals surface area (Å²) in [6, 6.07) is 3.80. The van der Waals surface area contributed by atoms with Crippen LogP contribution in [-0.4, -0.2) is 30.4 Å². The number of sulfonamides is 1. The predicted molar refractivity (Wildman–Crippen MR) is 66.5 cm³/mol. The fraction of sp³-hybridized carbons (Fsp3) is 0.636. The standard InChI is InChI=1S/C11H16ClNO3S/c1-9-2-5-11(16-9)8-13(10-3-4-10)17(14,15)7-6-12/h2,5,10H,3-4,6-8H2,1H3. The molecule has 0 aliphatic heterocycles. The van der Waals surface area contributed by atoms with Crippen LogP contribution in [0.1, 0.15) is 24.4 Å². The Kier molecular flexibility index (Phi) is 3.80. The van der Waals surface area contributed by atoms with Gasteiger partial charge in [0, 0.05) is 11.9 Å². The van der Waals surface area contributed by atoms with Crippen molar-refractivity contribution in [3.8, 4) is 0 Å². The molecule has 1 aromatic heterocycles. The minimum Gasteiger partial charge on any atom is -0.465 e. The highest BCUT2D eigenvalue weighted by Crippen LogP contribution is 2.31. The van der Waals surface area contributed by atoms with E-state index in [2.05, 4.69) is 0 Å². The highest BCUT2D eigenvalue weighted by molar-refractivity contribution is 7.89. The summed E-state index contributed by atoms with van der Waals surface area (Å²) in [5.41, 5.74) is 0. The molecule has 0 unspecified atom stereocenters. The number of hydrogen-bond acceptors (Lipinski definition) is 3. The van der Waals surface area contributed by atoms with Crippen molar-refractivity contribution in [3.05, 3.63) is 23.7 Å².